The Balaban J connectivity index is 2.35. The van der Waals surface area contributed by atoms with Crippen LogP contribution in [0.2, 0.25) is 0 Å². The standard InChI is InChI=1S/C17H20N2O2/c1-19(15-9-5-6-10-16(15)21-2)17(20)14-8-4-3-7-13(14)11-12-18/h3-10H,11-12,18H2,1-2H3. The number of anilines is 1. The summed E-state index contributed by atoms with van der Waals surface area (Å²) in [6, 6.07) is 15.0. The third-order valence-electron chi connectivity index (χ3n) is 3.41. The molecule has 0 aliphatic heterocycles. The van der Waals surface area contributed by atoms with Gasteiger partial charge < -0.3 is 15.4 Å². The van der Waals surface area contributed by atoms with Gasteiger partial charge in [-0.1, -0.05) is 30.3 Å². The quantitative estimate of drug-likeness (QED) is 0.917. The molecule has 0 unspecified atom stereocenters. The lowest BCUT2D eigenvalue weighted by molar-refractivity contribution is 0.0991. The van der Waals surface area contributed by atoms with Crippen molar-refractivity contribution in [2.45, 2.75) is 6.42 Å². The maximum Gasteiger partial charge on any atom is 0.258 e. The Hall–Kier alpha value is -2.33. The molecule has 0 aliphatic rings. The van der Waals surface area contributed by atoms with Crippen LogP contribution in [-0.2, 0) is 6.42 Å². The Morgan fingerprint density at radius 1 is 1.14 bits per heavy atom. The second-order valence-corrected chi connectivity index (χ2v) is 4.73. The SMILES string of the molecule is COc1ccccc1N(C)C(=O)c1ccccc1CCN. The van der Waals surface area contributed by atoms with E-state index in [0.717, 1.165) is 11.3 Å². The lowest BCUT2D eigenvalue weighted by Gasteiger charge is -2.21. The van der Waals surface area contributed by atoms with Crippen molar-refractivity contribution in [2.75, 3.05) is 25.6 Å². The van der Waals surface area contributed by atoms with Crippen molar-refractivity contribution >= 4 is 11.6 Å². The molecule has 0 aromatic heterocycles. The van der Waals surface area contributed by atoms with Crippen LogP contribution in [0.15, 0.2) is 48.5 Å². The Morgan fingerprint density at radius 2 is 1.81 bits per heavy atom. The van der Waals surface area contributed by atoms with E-state index in [-0.39, 0.29) is 5.91 Å². The molecular formula is C17H20N2O2. The van der Waals surface area contributed by atoms with Crippen LogP contribution in [0.5, 0.6) is 5.75 Å². The van der Waals surface area contributed by atoms with Gasteiger partial charge >= 0.3 is 0 Å². The predicted molar refractivity (Wildman–Crippen MR) is 84.9 cm³/mol. The fraction of sp³-hybridized carbons (Fsp3) is 0.235. The number of hydrogen-bond donors (Lipinski definition) is 1. The van der Waals surface area contributed by atoms with E-state index in [1.165, 1.54) is 0 Å². The lowest BCUT2D eigenvalue weighted by atomic mass is 10.0. The Bertz CT molecular complexity index is 626. The van der Waals surface area contributed by atoms with Crippen molar-refractivity contribution in [3.63, 3.8) is 0 Å². The van der Waals surface area contributed by atoms with E-state index >= 15 is 0 Å². The Labute approximate surface area is 125 Å². The number of hydrogen-bond acceptors (Lipinski definition) is 3. The summed E-state index contributed by atoms with van der Waals surface area (Å²) in [4.78, 5) is 14.3. The van der Waals surface area contributed by atoms with Crippen LogP contribution in [0.4, 0.5) is 5.69 Å². The first kappa shape index (κ1) is 15.1. The molecule has 0 saturated carbocycles. The second-order valence-electron chi connectivity index (χ2n) is 4.73. The predicted octanol–water partition coefficient (Wildman–Crippen LogP) is 2.47. The Kier molecular flexibility index (Phi) is 4.95. The van der Waals surface area contributed by atoms with Crippen molar-refractivity contribution < 1.29 is 9.53 Å². The smallest absolute Gasteiger partial charge is 0.258 e. The van der Waals surface area contributed by atoms with E-state index < -0.39 is 0 Å². The highest BCUT2D eigenvalue weighted by Crippen LogP contribution is 2.28. The average Bonchev–Trinajstić information content (AvgIpc) is 2.54. The van der Waals surface area contributed by atoms with E-state index in [1.807, 2.05) is 48.5 Å². The van der Waals surface area contributed by atoms with Gasteiger partial charge in [-0.05, 0) is 36.7 Å². The third-order valence-corrected chi connectivity index (χ3v) is 3.41. The van der Waals surface area contributed by atoms with Crippen LogP contribution in [0.3, 0.4) is 0 Å². The molecule has 0 bridgehead atoms. The maximum absolute atomic E-state index is 12.7. The molecule has 0 atom stereocenters. The average molecular weight is 284 g/mol. The van der Waals surface area contributed by atoms with E-state index in [4.69, 9.17) is 10.5 Å². The second kappa shape index (κ2) is 6.90. The van der Waals surface area contributed by atoms with Crippen molar-refractivity contribution in [3.8, 4) is 5.75 Å². The van der Waals surface area contributed by atoms with Crippen LogP contribution in [-0.4, -0.2) is 26.6 Å². The van der Waals surface area contributed by atoms with Crippen molar-refractivity contribution in [2.24, 2.45) is 5.73 Å². The summed E-state index contributed by atoms with van der Waals surface area (Å²) in [7, 11) is 3.35. The number of carbonyl (C=O) groups is 1. The number of rotatable bonds is 5. The number of nitrogens with zero attached hydrogens (tertiary/aromatic N) is 1. The van der Waals surface area contributed by atoms with Gasteiger partial charge in [0.1, 0.15) is 5.75 Å². The van der Waals surface area contributed by atoms with Crippen LogP contribution >= 0.6 is 0 Å². The Morgan fingerprint density at radius 3 is 2.52 bits per heavy atom. The molecule has 0 spiro atoms. The number of nitrogens with two attached hydrogens (primary N) is 1. The first-order chi connectivity index (χ1) is 10.2. The minimum absolute atomic E-state index is 0.0662. The number of methoxy groups -OCH3 is 1. The van der Waals surface area contributed by atoms with Gasteiger partial charge in [0.15, 0.2) is 0 Å². The van der Waals surface area contributed by atoms with Gasteiger partial charge in [0.25, 0.3) is 5.91 Å². The fourth-order valence-corrected chi connectivity index (χ4v) is 2.30. The highest BCUT2D eigenvalue weighted by Gasteiger charge is 2.18. The molecule has 0 heterocycles. The molecule has 0 saturated heterocycles. The zero-order chi connectivity index (χ0) is 15.2. The molecule has 4 heteroatoms. The minimum Gasteiger partial charge on any atom is -0.495 e. The van der Waals surface area contributed by atoms with Gasteiger partial charge in [0.2, 0.25) is 0 Å². The van der Waals surface area contributed by atoms with Crippen LogP contribution < -0.4 is 15.4 Å². The summed E-state index contributed by atoms with van der Waals surface area (Å²) in [5.41, 5.74) is 8.00. The summed E-state index contributed by atoms with van der Waals surface area (Å²) in [5, 5.41) is 0. The molecule has 0 radical (unpaired) electrons. The summed E-state index contributed by atoms with van der Waals surface area (Å²) < 4.78 is 5.32. The number of carbonyl (C=O) groups excluding carboxylic acids is 1. The first-order valence-corrected chi connectivity index (χ1v) is 6.88. The minimum atomic E-state index is -0.0662. The summed E-state index contributed by atoms with van der Waals surface area (Å²) >= 11 is 0. The zero-order valence-corrected chi connectivity index (χ0v) is 12.4. The van der Waals surface area contributed by atoms with E-state index in [9.17, 15) is 4.79 Å². The van der Waals surface area contributed by atoms with E-state index in [0.29, 0.717) is 24.3 Å². The van der Waals surface area contributed by atoms with Crippen LogP contribution in [0.25, 0.3) is 0 Å². The molecule has 0 aliphatic carbocycles. The van der Waals surface area contributed by atoms with Gasteiger partial charge in [-0.2, -0.15) is 0 Å². The van der Waals surface area contributed by atoms with Crippen molar-refractivity contribution in [3.05, 3.63) is 59.7 Å². The highest BCUT2D eigenvalue weighted by atomic mass is 16.5. The molecule has 1 amide bonds. The molecule has 2 rings (SSSR count). The number of benzene rings is 2. The molecule has 4 nitrogen and oxygen atoms in total. The molecule has 2 aromatic rings. The zero-order valence-electron chi connectivity index (χ0n) is 12.4. The number of ether oxygens (including phenoxy) is 1. The van der Waals surface area contributed by atoms with Gasteiger partial charge in [-0.25, -0.2) is 0 Å². The largest absolute Gasteiger partial charge is 0.495 e. The van der Waals surface area contributed by atoms with Gasteiger partial charge in [-0.15, -0.1) is 0 Å². The molecule has 110 valence electrons. The van der Waals surface area contributed by atoms with Gasteiger partial charge in [0.05, 0.1) is 12.8 Å². The van der Waals surface area contributed by atoms with Gasteiger partial charge in [-0.3, -0.25) is 4.79 Å². The van der Waals surface area contributed by atoms with Crippen LogP contribution in [0, 0.1) is 0 Å². The normalized spacial score (nSPS) is 10.2. The molecule has 21 heavy (non-hydrogen) atoms. The monoisotopic (exact) mass is 284 g/mol. The van der Waals surface area contributed by atoms with E-state index in [2.05, 4.69) is 0 Å². The molecular weight excluding hydrogens is 264 g/mol. The van der Waals surface area contributed by atoms with E-state index in [1.54, 1.807) is 19.1 Å². The maximum atomic E-state index is 12.7. The summed E-state index contributed by atoms with van der Waals surface area (Å²) in [6.45, 7) is 0.517. The summed E-state index contributed by atoms with van der Waals surface area (Å²) in [5.74, 6) is 0.605. The first-order valence-electron chi connectivity index (χ1n) is 6.88. The van der Waals surface area contributed by atoms with Gasteiger partial charge in [0, 0.05) is 12.6 Å². The molecule has 2 N–H and O–H groups in total. The number of para-hydroxylation sites is 2. The molecule has 2 aromatic carbocycles. The topological polar surface area (TPSA) is 55.6 Å². The van der Waals surface area contributed by atoms with Crippen molar-refractivity contribution in [1.82, 2.24) is 0 Å². The van der Waals surface area contributed by atoms with Crippen molar-refractivity contribution in [1.29, 1.82) is 0 Å². The summed E-state index contributed by atoms with van der Waals surface area (Å²) in [6.07, 6.45) is 0.682. The van der Waals surface area contributed by atoms with Crippen LogP contribution in [0.1, 0.15) is 15.9 Å². The lowest BCUT2D eigenvalue weighted by Crippen LogP contribution is -2.28. The molecule has 0 fully saturated rings. The fourth-order valence-electron chi connectivity index (χ4n) is 2.30. The third kappa shape index (κ3) is 3.23. The number of amides is 1. The highest BCUT2D eigenvalue weighted by molar-refractivity contribution is 6.07.